The molecule has 0 aliphatic carbocycles. The average Bonchev–Trinajstić information content (AvgIpc) is 2.82. The van der Waals surface area contributed by atoms with E-state index in [2.05, 4.69) is 15.0 Å². The van der Waals surface area contributed by atoms with Crippen LogP contribution in [0.1, 0.15) is 10.4 Å². The number of imidazole rings is 1. The van der Waals surface area contributed by atoms with Crippen LogP contribution in [-0.2, 0) is 0 Å². The Labute approximate surface area is 106 Å². The van der Waals surface area contributed by atoms with Crippen LogP contribution in [0.4, 0.5) is 0 Å². The van der Waals surface area contributed by atoms with E-state index in [0.717, 1.165) is 0 Å². The van der Waals surface area contributed by atoms with Gasteiger partial charge in [0.1, 0.15) is 5.52 Å². The minimum Gasteiger partial charge on any atom is -0.478 e. The van der Waals surface area contributed by atoms with Gasteiger partial charge in [0, 0.05) is 6.07 Å². The molecule has 3 rings (SSSR count). The lowest BCUT2D eigenvalue weighted by atomic mass is 10.2. The van der Waals surface area contributed by atoms with Crippen molar-refractivity contribution < 1.29 is 9.90 Å². The Hall–Kier alpha value is -2.89. The van der Waals surface area contributed by atoms with Crippen molar-refractivity contribution in [2.24, 2.45) is 0 Å². The van der Waals surface area contributed by atoms with Crippen molar-refractivity contribution in [3.8, 4) is 11.5 Å². The van der Waals surface area contributed by atoms with Gasteiger partial charge in [-0.1, -0.05) is 12.1 Å². The Morgan fingerprint density at radius 1 is 1.11 bits per heavy atom. The molecule has 6 heteroatoms. The molecule has 2 heterocycles. The molecular formula is C13H9N3O3. The van der Waals surface area contributed by atoms with Crippen molar-refractivity contribution >= 4 is 17.0 Å². The van der Waals surface area contributed by atoms with Crippen molar-refractivity contribution in [2.75, 3.05) is 0 Å². The second kappa shape index (κ2) is 4.09. The molecule has 0 radical (unpaired) electrons. The molecular weight excluding hydrogens is 246 g/mol. The average molecular weight is 255 g/mol. The van der Waals surface area contributed by atoms with Gasteiger partial charge in [-0.2, -0.15) is 0 Å². The maximum atomic E-state index is 11.3. The minimum absolute atomic E-state index is 0.123. The Bertz CT molecular complexity index is 832. The Balaban J connectivity index is 2.25. The summed E-state index contributed by atoms with van der Waals surface area (Å²) in [6.45, 7) is 0. The molecule has 3 N–H and O–H groups in total. The molecule has 3 aromatic rings. The summed E-state index contributed by atoms with van der Waals surface area (Å²) >= 11 is 0. The normalized spacial score (nSPS) is 10.7. The fourth-order valence-electron chi connectivity index (χ4n) is 1.92. The summed E-state index contributed by atoms with van der Waals surface area (Å²) in [7, 11) is 0. The maximum Gasteiger partial charge on any atom is 0.337 e. The molecule has 19 heavy (non-hydrogen) atoms. The van der Waals surface area contributed by atoms with Crippen LogP contribution in [0.25, 0.3) is 22.6 Å². The predicted octanol–water partition coefficient (Wildman–Crippen LogP) is 1.62. The number of benzene rings is 1. The van der Waals surface area contributed by atoms with E-state index in [1.54, 1.807) is 24.3 Å². The van der Waals surface area contributed by atoms with E-state index in [9.17, 15) is 9.59 Å². The standard InChI is InChI=1S/C13H9N3O3/c17-10-6-2-5-9(14-10)12-15-8-4-1-3-7(13(18)19)11(8)16-12/h1-6H,(H,14,17)(H,15,16)(H,18,19). The molecule has 0 spiro atoms. The molecule has 2 aromatic heterocycles. The zero-order chi connectivity index (χ0) is 13.4. The number of aromatic nitrogens is 3. The van der Waals surface area contributed by atoms with Gasteiger partial charge in [-0.05, 0) is 18.2 Å². The van der Waals surface area contributed by atoms with Gasteiger partial charge in [-0.3, -0.25) is 4.79 Å². The molecule has 0 atom stereocenters. The van der Waals surface area contributed by atoms with Crippen LogP contribution in [0.3, 0.4) is 0 Å². The molecule has 0 bridgehead atoms. The first kappa shape index (κ1) is 11.2. The van der Waals surface area contributed by atoms with E-state index in [1.807, 2.05) is 0 Å². The topological polar surface area (TPSA) is 98.8 Å². The number of nitrogens with zero attached hydrogens (tertiary/aromatic N) is 1. The lowest BCUT2D eigenvalue weighted by Crippen LogP contribution is -2.04. The van der Waals surface area contributed by atoms with Gasteiger partial charge in [0.2, 0.25) is 5.56 Å². The van der Waals surface area contributed by atoms with Crippen molar-refractivity contribution in [1.29, 1.82) is 0 Å². The largest absolute Gasteiger partial charge is 0.478 e. The summed E-state index contributed by atoms with van der Waals surface area (Å²) in [5.74, 6) is -0.605. The highest BCUT2D eigenvalue weighted by atomic mass is 16.4. The van der Waals surface area contributed by atoms with Crippen LogP contribution in [0.2, 0.25) is 0 Å². The van der Waals surface area contributed by atoms with E-state index in [1.165, 1.54) is 12.1 Å². The van der Waals surface area contributed by atoms with Crippen LogP contribution < -0.4 is 5.56 Å². The van der Waals surface area contributed by atoms with Crippen LogP contribution in [0.5, 0.6) is 0 Å². The smallest absolute Gasteiger partial charge is 0.337 e. The molecule has 0 amide bonds. The Kier molecular flexibility index (Phi) is 2.42. The van der Waals surface area contributed by atoms with E-state index in [4.69, 9.17) is 5.11 Å². The number of hydrogen-bond donors (Lipinski definition) is 3. The van der Waals surface area contributed by atoms with E-state index in [0.29, 0.717) is 22.6 Å². The molecule has 0 fully saturated rings. The highest BCUT2D eigenvalue weighted by Crippen LogP contribution is 2.21. The van der Waals surface area contributed by atoms with Crippen molar-refractivity contribution in [3.05, 3.63) is 52.3 Å². The number of H-pyrrole nitrogens is 2. The molecule has 0 aliphatic heterocycles. The highest BCUT2D eigenvalue weighted by molar-refractivity contribution is 6.01. The van der Waals surface area contributed by atoms with Crippen molar-refractivity contribution in [3.63, 3.8) is 0 Å². The molecule has 0 aliphatic rings. The second-order valence-electron chi connectivity index (χ2n) is 4.02. The number of pyridine rings is 1. The van der Waals surface area contributed by atoms with E-state index < -0.39 is 5.97 Å². The van der Waals surface area contributed by atoms with Crippen LogP contribution in [0.15, 0.2) is 41.2 Å². The Morgan fingerprint density at radius 3 is 2.63 bits per heavy atom. The summed E-state index contributed by atoms with van der Waals surface area (Å²) in [5, 5.41) is 9.10. The summed E-state index contributed by atoms with van der Waals surface area (Å²) in [6, 6.07) is 9.57. The number of carboxylic acids is 1. The number of fused-ring (bicyclic) bond motifs is 1. The van der Waals surface area contributed by atoms with Crippen molar-refractivity contribution in [1.82, 2.24) is 15.0 Å². The first-order chi connectivity index (χ1) is 9.15. The van der Waals surface area contributed by atoms with Gasteiger partial charge in [-0.25, -0.2) is 9.78 Å². The lowest BCUT2D eigenvalue weighted by molar-refractivity contribution is 0.0699. The van der Waals surface area contributed by atoms with Gasteiger partial charge in [-0.15, -0.1) is 0 Å². The third kappa shape index (κ3) is 1.89. The van der Waals surface area contributed by atoms with E-state index in [-0.39, 0.29) is 11.1 Å². The van der Waals surface area contributed by atoms with Gasteiger partial charge in [0.15, 0.2) is 5.82 Å². The van der Waals surface area contributed by atoms with Crippen molar-refractivity contribution in [2.45, 2.75) is 0 Å². The quantitative estimate of drug-likeness (QED) is 0.647. The maximum absolute atomic E-state index is 11.3. The number of aromatic carboxylic acids is 1. The zero-order valence-electron chi connectivity index (χ0n) is 9.68. The lowest BCUT2D eigenvalue weighted by Gasteiger charge is -1.94. The molecule has 6 nitrogen and oxygen atoms in total. The number of carbonyl (C=O) groups is 1. The highest BCUT2D eigenvalue weighted by Gasteiger charge is 2.13. The number of rotatable bonds is 2. The SMILES string of the molecule is O=C(O)c1cccc2[nH]c(-c3cccc(=O)[nH]3)nc12. The minimum atomic E-state index is -1.04. The monoisotopic (exact) mass is 255 g/mol. The number of para-hydroxylation sites is 1. The number of carboxylic acid groups (broad SMARTS) is 1. The summed E-state index contributed by atoms with van der Waals surface area (Å²) < 4.78 is 0. The van der Waals surface area contributed by atoms with Gasteiger partial charge < -0.3 is 15.1 Å². The zero-order valence-corrected chi connectivity index (χ0v) is 9.68. The van der Waals surface area contributed by atoms with Gasteiger partial charge >= 0.3 is 5.97 Å². The number of nitrogens with one attached hydrogen (secondary N) is 2. The molecule has 1 aromatic carbocycles. The number of aromatic amines is 2. The van der Waals surface area contributed by atoms with Gasteiger partial charge in [0.05, 0.1) is 16.8 Å². The first-order valence-corrected chi connectivity index (χ1v) is 5.57. The predicted molar refractivity (Wildman–Crippen MR) is 69.1 cm³/mol. The molecule has 0 unspecified atom stereocenters. The third-order valence-corrected chi connectivity index (χ3v) is 2.77. The molecule has 0 saturated heterocycles. The fraction of sp³-hybridized carbons (Fsp3) is 0. The summed E-state index contributed by atoms with van der Waals surface area (Å²) in [5.41, 5.74) is 1.38. The molecule has 0 saturated carbocycles. The van der Waals surface area contributed by atoms with Crippen LogP contribution in [-0.4, -0.2) is 26.0 Å². The summed E-state index contributed by atoms with van der Waals surface area (Å²) in [4.78, 5) is 32.2. The Morgan fingerprint density at radius 2 is 1.89 bits per heavy atom. The third-order valence-electron chi connectivity index (χ3n) is 2.77. The molecule has 94 valence electrons. The first-order valence-electron chi connectivity index (χ1n) is 5.57. The van der Waals surface area contributed by atoms with Crippen LogP contribution >= 0.6 is 0 Å². The van der Waals surface area contributed by atoms with Gasteiger partial charge in [0.25, 0.3) is 0 Å². The number of hydrogen-bond acceptors (Lipinski definition) is 3. The fourth-order valence-corrected chi connectivity index (χ4v) is 1.92. The van der Waals surface area contributed by atoms with Crippen LogP contribution in [0, 0.1) is 0 Å². The summed E-state index contributed by atoms with van der Waals surface area (Å²) in [6.07, 6.45) is 0. The van der Waals surface area contributed by atoms with E-state index >= 15 is 0 Å². The second-order valence-corrected chi connectivity index (χ2v) is 4.02.